The smallest absolute Gasteiger partial charge is 0.309 e. The van der Waals surface area contributed by atoms with Gasteiger partial charge in [-0.25, -0.2) is 0 Å². The lowest BCUT2D eigenvalue weighted by atomic mass is 10.0. The summed E-state index contributed by atoms with van der Waals surface area (Å²) in [5.41, 5.74) is 0. The van der Waals surface area contributed by atoms with Crippen molar-refractivity contribution in [1.82, 2.24) is 0 Å². The number of rotatable bonds is 4. The van der Waals surface area contributed by atoms with E-state index < -0.39 is 0 Å². The van der Waals surface area contributed by atoms with E-state index in [1.807, 2.05) is 13.8 Å². The van der Waals surface area contributed by atoms with Crippen molar-refractivity contribution in [3.8, 4) is 11.8 Å². The summed E-state index contributed by atoms with van der Waals surface area (Å²) in [6, 6.07) is 0. The van der Waals surface area contributed by atoms with E-state index >= 15 is 0 Å². The molecule has 0 saturated carbocycles. The summed E-state index contributed by atoms with van der Waals surface area (Å²) in [6.45, 7) is 6.02. The maximum atomic E-state index is 11.2. The molecule has 0 aromatic rings. The van der Waals surface area contributed by atoms with Gasteiger partial charge in [0.1, 0.15) is 0 Å². The average Bonchev–Trinajstić information content (AvgIpc) is 2.06. The largest absolute Gasteiger partial charge is 0.466 e. The molecule has 0 aromatic heterocycles. The lowest BCUT2D eigenvalue weighted by molar-refractivity contribution is -0.147. The third-order valence-electron chi connectivity index (χ3n) is 1.64. The van der Waals surface area contributed by atoms with E-state index in [-0.39, 0.29) is 11.9 Å². The second-order valence-electron chi connectivity index (χ2n) is 2.49. The average molecular weight is 168 g/mol. The lowest BCUT2D eigenvalue weighted by Gasteiger charge is -2.09. The van der Waals surface area contributed by atoms with E-state index in [1.54, 1.807) is 6.92 Å². The number of esters is 1. The highest BCUT2D eigenvalue weighted by Crippen LogP contribution is 2.09. The van der Waals surface area contributed by atoms with Crippen LogP contribution in [0.15, 0.2) is 0 Å². The molecular weight excluding hydrogens is 152 g/mol. The zero-order chi connectivity index (χ0) is 9.40. The summed E-state index contributed by atoms with van der Waals surface area (Å²) < 4.78 is 4.89. The molecule has 1 unspecified atom stereocenters. The van der Waals surface area contributed by atoms with E-state index in [0.717, 1.165) is 6.42 Å². The fourth-order valence-corrected chi connectivity index (χ4v) is 0.880. The summed E-state index contributed by atoms with van der Waals surface area (Å²) >= 11 is 0. The molecule has 0 aromatic carbocycles. The van der Waals surface area contributed by atoms with Crippen LogP contribution in [-0.2, 0) is 9.53 Å². The Morgan fingerprint density at radius 1 is 1.50 bits per heavy atom. The zero-order valence-electron chi connectivity index (χ0n) is 8.02. The highest BCUT2D eigenvalue weighted by atomic mass is 16.5. The first-order valence-electron chi connectivity index (χ1n) is 4.32. The minimum atomic E-state index is -0.122. The summed E-state index contributed by atoms with van der Waals surface area (Å²) in [5, 5.41) is 0. The Balaban J connectivity index is 3.92. The van der Waals surface area contributed by atoms with Crippen molar-refractivity contribution in [3.63, 3.8) is 0 Å². The van der Waals surface area contributed by atoms with Gasteiger partial charge in [-0.3, -0.25) is 4.79 Å². The second kappa shape index (κ2) is 6.72. The molecule has 0 heterocycles. The van der Waals surface area contributed by atoms with Crippen LogP contribution in [0.1, 0.15) is 33.6 Å². The summed E-state index contributed by atoms with van der Waals surface area (Å²) in [5.74, 6) is 5.49. The Labute approximate surface area is 74.3 Å². The fraction of sp³-hybridized carbons (Fsp3) is 0.700. The van der Waals surface area contributed by atoms with Gasteiger partial charge in [0, 0.05) is 6.42 Å². The molecule has 0 N–H and O–H groups in total. The molecule has 12 heavy (non-hydrogen) atoms. The fourth-order valence-electron chi connectivity index (χ4n) is 0.880. The molecule has 0 aliphatic rings. The minimum absolute atomic E-state index is 0.0441. The van der Waals surface area contributed by atoms with Crippen LogP contribution in [0.25, 0.3) is 0 Å². The normalized spacial score (nSPS) is 11.2. The van der Waals surface area contributed by atoms with Crippen molar-refractivity contribution < 1.29 is 9.53 Å². The molecular formula is C10H16O2. The molecule has 2 nitrogen and oxygen atoms in total. The van der Waals surface area contributed by atoms with Crippen molar-refractivity contribution in [3.05, 3.63) is 0 Å². The third-order valence-corrected chi connectivity index (χ3v) is 1.64. The van der Waals surface area contributed by atoms with Gasteiger partial charge in [0.15, 0.2) is 0 Å². The molecule has 0 aliphatic heterocycles. The van der Waals surface area contributed by atoms with Gasteiger partial charge in [0.2, 0.25) is 0 Å². The first-order valence-corrected chi connectivity index (χ1v) is 4.32. The molecule has 68 valence electrons. The number of hydrogen-bond acceptors (Lipinski definition) is 2. The van der Waals surface area contributed by atoms with Crippen LogP contribution in [0.2, 0.25) is 0 Å². The van der Waals surface area contributed by atoms with Crippen molar-refractivity contribution in [2.45, 2.75) is 33.6 Å². The Bertz CT molecular complexity index is 186. The number of hydrogen-bond donors (Lipinski definition) is 0. The van der Waals surface area contributed by atoms with Crippen LogP contribution in [-0.4, -0.2) is 12.6 Å². The molecule has 0 spiro atoms. The van der Waals surface area contributed by atoms with Crippen LogP contribution in [0.5, 0.6) is 0 Å². The highest BCUT2D eigenvalue weighted by Gasteiger charge is 2.15. The topological polar surface area (TPSA) is 26.3 Å². The van der Waals surface area contributed by atoms with Gasteiger partial charge in [-0.1, -0.05) is 6.92 Å². The Morgan fingerprint density at radius 3 is 2.58 bits per heavy atom. The number of carbonyl (C=O) groups excluding carboxylic acids is 1. The summed E-state index contributed by atoms with van der Waals surface area (Å²) in [6.07, 6.45) is 1.42. The van der Waals surface area contributed by atoms with Crippen LogP contribution in [0, 0.1) is 17.8 Å². The minimum Gasteiger partial charge on any atom is -0.466 e. The van der Waals surface area contributed by atoms with Crippen molar-refractivity contribution in [1.29, 1.82) is 0 Å². The van der Waals surface area contributed by atoms with Crippen LogP contribution >= 0.6 is 0 Å². The molecule has 0 radical (unpaired) electrons. The Hall–Kier alpha value is -0.970. The Morgan fingerprint density at radius 2 is 2.17 bits per heavy atom. The van der Waals surface area contributed by atoms with E-state index in [1.165, 1.54) is 0 Å². The first-order chi connectivity index (χ1) is 5.76. The Kier molecular flexibility index (Phi) is 6.18. The van der Waals surface area contributed by atoms with Gasteiger partial charge in [0.05, 0.1) is 12.5 Å². The summed E-state index contributed by atoms with van der Waals surface area (Å²) in [4.78, 5) is 11.2. The number of ether oxygens (including phenoxy) is 1. The van der Waals surface area contributed by atoms with E-state index in [0.29, 0.717) is 13.0 Å². The molecule has 0 amide bonds. The van der Waals surface area contributed by atoms with Crippen LogP contribution in [0.4, 0.5) is 0 Å². The van der Waals surface area contributed by atoms with Gasteiger partial charge in [0.25, 0.3) is 0 Å². The SMILES string of the molecule is CC#CCC(CC)C(=O)OCC. The van der Waals surface area contributed by atoms with Crippen molar-refractivity contribution in [2.24, 2.45) is 5.92 Å². The molecule has 0 fully saturated rings. The van der Waals surface area contributed by atoms with Gasteiger partial charge < -0.3 is 4.74 Å². The molecule has 0 saturated heterocycles. The van der Waals surface area contributed by atoms with Crippen molar-refractivity contribution >= 4 is 5.97 Å². The molecule has 2 heteroatoms. The quantitative estimate of drug-likeness (QED) is 0.474. The highest BCUT2D eigenvalue weighted by molar-refractivity contribution is 5.72. The van der Waals surface area contributed by atoms with E-state index in [2.05, 4.69) is 11.8 Å². The van der Waals surface area contributed by atoms with Crippen LogP contribution < -0.4 is 0 Å². The zero-order valence-corrected chi connectivity index (χ0v) is 8.02. The third kappa shape index (κ3) is 4.02. The van der Waals surface area contributed by atoms with Crippen LogP contribution in [0.3, 0.4) is 0 Å². The van der Waals surface area contributed by atoms with Gasteiger partial charge in [-0.15, -0.1) is 11.8 Å². The van der Waals surface area contributed by atoms with Gasteiger partial charge >= 0.3 is 5.97 Å². The summed E-state index contributed by atoms with van der Waals surface area (Å²) in [7, 11) is 0. The molecule has 0 aliphatic carbocycles. The monoisotopic (exact) mass is 168 g/mol. The molecule has 0 rings (SSSR count). The second-order valence-corrected chi connectivity index (χ2v) is 2.49. The van der Waals surface area contributed by atoms with Gasteiger partial charge in [-0.2, -0.15) is 0 Å². The molecule has 0 bridgehead atoms. The lowest BCUT2D eigenvalue weighted by Crippen LogP contribution is -2.16. The van der Waals surface area contributed by atoms with E-state index in [9.17, 15) is 4.79 Å². The number of carbonyl (C=O) groups is 1. The predicted octanol–water partition coefficient (Wildman–Crippen LogP) is 1.99. The predicted molar refractivity (Wildman–Crippen MR) is 48.5 cm³/mol. The molecule has 1 atom stereocenters. The van der Waals surface area contributed by atoms with E-state index in [4.69, 9.17) is 4.74 Å². The standard InChI is InChI=1S/C10H16O2/c1-4-7-8-9(5-2)10(11)12-6-3/h9H,5-6,8H2,1-3H3. The van der Waals surface area contributed by atoms with Gasteiger partial charge in [-0.05, 0) is 20.3 Å². The maximum Gasteiger partial charge on any atom is 0.309 e. The van der Waals surface area contributed by atoms with Crippen molar-refractivity contribution in [2.75, 3.05) is 6.61 Å². The maximum absolute atomic E-state index is 11.2. The first kappa shape index (κ1) is 11.0.